The average Bonchev–Trinajstić information content (AvgIpc) is 2.82. The molecule has 3 N–H and O–H groups in total. The highest BCUT2D eigenvalue weighted by molar-refractivity contribution is 5.86. The van der Waals surface area contributed by atoms with Crippen LogP contribution >= 0.6 is 0 Å². The van der Waals surface area contributed by atoms with Gasteiger partial charge in [0.1, 0.15) is 5.60 Å². The van der Waals surface area contributed by atoms with Crippen molar-refractivity contribution >= 4 is 18.0 Å². The lowest BCUT2D eigenvalue weighted by atomic mass is 9.87. The minimum Gasteiger partial charge on any atom is -0.444 e. The number of methoxy groups -OCH3 is 1. The van der Waals surface area contributed by atoms with Crippen molar-refractivity contribution in [2.45, 2.75) is 32.8 Å². The Labute approximate surface area is 136 Å². The Balaban J connectivity index is 2.82. The fourth-order valence-electron chi connectivity index (χ4n) is 2.33. The van der Waals surface area contributed by atoms with Gasteiger partial charge >= 0.3 is 12.1 Å². The van der Waals surface area contributed by atoms with Gasteiger partial charge in [0.05, 0.1) is 12.0 Å². The summed E-state index contributed by atoms with van der Waals surface area (Å²) in [5.41, 5.74) is 5.96. The lowest BCUT2D eigenvalue weighted by molar-refractivity contribution is -0.136. The lowest BCUT2D eigenvalue weighted by Gasteiger charge is -2.30. The van der Waals surface area contributed by atoms with Gasteiger partial charge in [-0.3, -0.25) is 10.2 Å². The number of carbonyl (C=O) groups is 3. The van der Waals surface area contributed by atoms with Crippen molar-refractivity contribution in [3.63, 3.8) is 0 Å². The quantitative estimate of drug-likeness (QED) is 0.722. The maximum atomic E-state index is 12.5. The first-order chi connectivity index (χ1) is 10.5. The fourth-order valence-corrected chi connectivity index (χ4v) is 2.33. The molecule has 0 aromatic heterocycles. The Hall–Kier alpha value is -2.03. The molecule has 23 heavy (non-hydrogen) atoms. The second-order valence-electron chi connectivity index (χ2n) is 6.70. The summed E-state index contributed by atoms with van der Waals surface area (Å²) in [5.74, 6) is -0.424. The molecule has 1 saturated heterocycles. The zero-order chi connectivity index (χ0) is 17.8. The normalized spacial score (nSPS) is 21.0. The Morgan fingerprint density at radius 2 is 1.96 bits per heavy atom. The van der Waals surface area contributed by atoms with E-state index in [1.54, 1.807) is 20.8 Å². The summed E-state index contributed by atoms with van der Waals surface area (Å²) in [4.78, 5) is 37.2. The molecule has 9 heteroatoms. The van der Waals surface area contributed by atoms with Gasteiger partial charge in [0.2, 0.25) is 5.91 Å². The fraction of sp³-hybridized carbons (Fsp3) is 0.786. The number of carbonyl (C=O) groups excluding carboxylic acids is 3. The van der Waals surface area contributed by atoms with E-state index in [2.05, 4.69) is 5.43 Å². The van der Waals surface area contributed by atoms with E-state index in [4.69, 9.17) is 15.2 Å². The molecule has 1 fully saturated rings. The number of nitrogens with one attached hydrogen (secondary N) is 1. The molecule has 0 spiro atoms. The van der Waals surface area contributed by atoms with E-state index < -0.39 is 29.0 Å². The number of nitrogens with two attached hydrogens (primary N) is 1. The van der Waals surface area contributed by atoms with Crippen LogP contribution in [0.2, 0.25) is 0 Å². The van der Waals surface area contributed by atoms with Crippen LogP contribution in [0, 0.1) is 5.41 Å². The molecule has 0 aromatic rings. The van der Waals surface area contributed by atoms with E-state index in [1.165, 1.54) is 19.1 Å². The Morgan fingerprint density at radius 1 is 1.35 bits per heavy atom. The van der Waals surface area contributed by atoms with Gasteiger partial charge in [-0.15, -0.1) is 0 Å². The second-order valence-corrected chi connectivity index (χ2v) is 6.70. The first kappa shape index (κ1) is 19.0. The van der Waals surface area contributed by atoms with E-state index in [1.807, 2.05) is 0 Å². The van der Waals surface area contributed by atoms with Crippen molar-refractivity contribution in [3.05, 3.63) is 0 Å². The van der Waals surface area contributed by atoms with Crippen molar-refractivity contribution in [3.8, 4) is 0 Å². The van der Waals surface area contributed by atoms with Gasteiger partial charge in [0.15, 0.2) is 0 Å². The molecule has 9 nitrogen and oxygen atoms in total. The number of primary amides is 1. The van der Waals surface area contributed by atoms with E-state index in [0.717, 1.165) is 5.01 Å². The van der Waals surface area contributed by atoms with E-state index in [9.17, 15) is 14.4 Å². The number of amides is 4. The van der Waals surface area contributed by atoms with Gasteiger partial charge in [0, 0.05) is 27.2 Å². The van der Waals surface area contributed by atoms with Crippen molar-refractivity contribution in [1.29, 1.82) is 0 Å². The summed E-state index contributed by atoms with van der Waals surface area (Å²) in [7, 11) is 2.82. The number of nitrogens with zero attached hydrogens (tertiary/aromatic N) is 2. The van der Waals surface area contributed by atoms with Crippen molar-refractivity contribution in [2.75, 3.05) is 33.9 Å². The van der Waals surface area contributed by atoms with Gasteiger partial charge in [-0.05, 0) is 27.2 Å². The van der Waals surface area contributed by atoms with Crippen LogP contribution in [0.4, 0.5) is 9.59 Å². The number of urea groups is 1. The lowest BCUT2D eigenvalue weighted by Crippen LogP contribution is -2.54. The van der Waals surface area contributed by atoms with Gasteiger partial charge in [-0.25, -0.2) is 14.6 Å². The number of hydrogen-bond donors (Lipinski definition) is 2. The van der Waals surface area contributed by atoms with Gasteiger partial charge in [-0.1, -0.05) is 0 Å². The third-order valence-electron chi connectivity index (χ3n) is 3.51. The maximum Gasteiger partial charge on any atom is 0.410 e. The number of ether oxygens (including phenoxy) is 2. The molecule has 0 aliphatic carbocycles. The largest absolute Gasteiger partial charge is 0.444 e. The molecule has 0 aromatic carbocycles. The van der Waals surface area contributed by atoms with Gasteiger partial charge < -0.3 is 20.1 Å². The molecule has 132 valence electrons. The molecule has 1 atom stereocenters. The molecule has 0 unspecified atom stereocenters. The molecule has 0 radical (unpaired) electrons. The monoisotopic (exact) mass is 330 g/mol. The van der Waals surface area contributed by atoms with E-state index in [0.29, 0.717) is 13.0 Å². The molecule has 1 rings (SSSR count). The van der Waals surface area contributed by atoms with E-state index in [-0.39, 0.29) is 13.2 Å². The molecule has 1 aliphatic rings. The minimum atomic E-state index is -0.949. The van der Waals surface area contributed by atoms with Crippen LogP contribution in [0.5, 0.6) is 0 Å². The minimum absolute atomic E-state index is 0.116. The van der Waals surface area contributed by atoms with E-state index >= 15 is 0 Å². The third-order valence-corrected chi connectivity index (χ3v) is 3.51. The first-order valence-corrected chi connectivity index (χ1v) is 7.32. The molecule has 0 bridgehead atoms. The molecule has 0 saturated carbocycles. The van der Waals surface area contributed by atoms with Crippen LogP contribution in [0.3, 0.4) is 0 Å². The number of likely N-dealkylation sites (tertiary alicyclic amines) is 1. The smallest absolute Gasteiger partial charge is 0.410 e. The highest BCUT2D eigenvalue weighted by atomic mass is 16.6. The molecular weight excluding hydrogens is 304 g/mol. The average molecular weight is 330 g/mol. The van der Waals surface area contributed by atoms with Crippen molar-refractivity contribution in [2.24, 2.45) is 11.1 Å². The SMILES string of the molecule is COC[C@]1(C(=O)NN(C)C(N)=O)CCN(C(=O)OC(C)(C)C)C1. The number of rotatable bonds is 3. The van der Waals surface area contributed by atoms with Crippen LogP contribution in [-0.2, 0) is 14.3 Å². The topological polar surface area (TPSA) is 114 Å². The first-order valence-electron chi connectivity index (χ1n) is 7.32. The van der Waals surface area contributed by atoms with Crippen LogP contribution < -0.4 is 11.2 Å². The van der Waals surface area contributed by atoms with Crippen LogP contribution in [-0.4, -0.2) is 67.4 Å². The highest BCUT2D eigenvalue weighted by Gasteiger charge is 2.47. The summed E-state index contributed by atoms with van der Waals surface area (Å²) < 4.78 is 10.5. The summed E-state index contributed by atoms with van der Waals surface area (Å²) in [6.07, 6.45) is -0.0788. The molecule has 1 heterocycles. The molecule has 1 aliphatic heterocycles. The zero-order valence-electron chi connectivity index (χ0n) is 14.3. The third kappa shape index (κ3) is 4.98. The maximum absolute atomic E-state index is 12.5. The number of hydrazine groups is 1. The number of hydrogen-bond acceptors (Lipinski definition) is 5. The van der Waals surface area contributed by atoms with Crippen LogP contribution in [0.15, 0.2) is 0 Å². The Morgan fingerprint density at radius 3 is 2.43 bits per heavy atom. The second kappa shape index (κ2) is 7.03. The van der Waals surface area contributed by atoms with Crippen molar-refractivity contribution < 1.29 is 23.9 Å². The zero-order valence-corrected chi connectivity index (χ0v) is 14.3. The summed E-state index contributed by atoms with van der Waals surface area (Å²) in [5, 5.41) is 0.899. The Bertz CT molecular complexity index is 476. The van der Waals surface area contributed by atoms with Crippen LogP contribution in [0.25, 0.3) is 0 Å². The van der Waals surface area contributed by atoms with Gasteiger partial charge in [0.25, 0.3) is 0 Å². The molecule has 4 amide bonds. The van der Waals surface area contributed by atoms with Gasteiger partial charge in [-0.2, -0.15) is 0 Å². The van der Waals surface area contributed by atoms with Crippen LogP contribution in [0.1, 0.15) is 27.2 Å². The summed E-state index contributed by atoms with van der Waals surface area (Å²) in [6, 6.07) is -0.784. The highest BCUT2D eigenvalue weighted by Crippen LogP contribution is 2.32. The predicted molar refractivity (Wildman–Crippen MR) is 82.2 cm³/mol. The molecular formula is C14H26N4O5. The predicted octanol–water partition coefficient (Wildman–Crippen LogP) is 0.302. The Kier molecular flexibility index (Phi) is 5.81. The standard InChI is InChI=1S/C14H26N4O5/c1-13(2,3)23-12(21)18-7-6-14(8-18,9-22-5)10(19)16-17(4)11(15)20/h6-9H2,1-5H3,(H2,15,20)(H,16,19)/t14-/m0/s1. The van der Waals surface area contributed by atoms with Crippen molar-refractivity contribution in [1.82, 2.24) is 15.3 Å². The summed E-state index contributed by atoms with van der Waals surface area (Å²) >= 11 is 0. The summed E-state index contributed by atoms with van der Waals surface area (Å²) in [6.45, 7) is 5.96.